The maximum absolute atomic E-state index is 14.1. The summed E-state index contributed by atoms with van der Waals surface area (Å²) in [5, 5.41) is 13.7. The molecule has 7 rings (SSSR count). The number of halogens is 1. The number of carboxylic acid groups (broad SMARTS) is 1. The van der Waals surface area contributed by atoms with Crippen LogP contribution in [0.5, 0.6) is 0 Å². The molecule has 8 heteroatoms. The predicted octanol–water partition coefficient (Wildman–Crippen LogP) is 10.6. The van der Waals surface area contributed by atoms with Gasteiger partial charge in [0.1, 0.15) is 6.10 Å². The van der Waals surface area contributed by atoms with E-state index in [4.69, 9.17) is 16.3 Å². The molecule has 0 aromatic heterocycles. The summed E-state index contributed by atoms with van der Waals surface area (Å²) in [4.78, 5) is 52.8. The Labute approximate surface area is 334 Å². The second-order valence-electron chi connectivity index (χ2n) is 21.3. The van der Waals surface area contributed by atoms with Gasteiger partial charge in [-0.3, -0.25) is 19.2 Å². The molecule has 5 fully saturated rings. The third-order valence-electron chi connectivity index (χ3n) is 17.3. The first kappa shape index (κ1) is 40.5. The second kappa shape index (κ2) is 13.4. The molecule has 5 saturated carbocycles. The van der Waals surface area contributed by atoms with Crippen LogP contribution in [-0.4, -0.2) is 34.8 Å². The first-order chi connectivity index (χ1) is 25.6. The molecule has 8 atom stereocenters. The highest BCUT2D eigenvalue weighted by Gasteiger charge is 2.70. The van der Waals surface area contributed by atoms with Crippen LogP contribution < -0.4 is 5.32 Å². The van der Waals surface area contributed by atoms with Crippen molar-refractivity contribution in [2.45, 2.75) is 164 Å². The van der Waals surface area contributed by atoms with Gasteiger partial charge in [-0.15, -0.1) is 0 Å². The standard InChI is InChI=1S/C47H66ClNO6/c1-28(2)38-32(50)26-46(21-18-36(51)49-47(24-25-47)29-12-10-11-13-31(29)48)23-22-44(8)30(39(38)46)14-15-34-43(7)19-17-35(55-37(52)27-41(3,4)40(53)54)42(5,6)33(43)16-20-45(34,44)9/h10-13,28,30,33-35H,14-27H2,1-9H3,(H,49,51)(H,53,54). The molecule has 7 nitrogen and oxygen atoms in total. The number of carboxylic acids is 1. The molecule has 1 aromatic rings. The second-order valence-corrected chi connectivity index (χ2v) is 21.7. The van der Waals surface area contributed by atoms with Crippen LogP contribution in [0.1, 0.15) is 158 Å². The van der Waals surface area contributed by atoms with Crippen molar-refractivity contribution in [2.24, 2.45) is 56.2 Å². The van der Waals surface area contributed by atoms with E-state index in [1.165, 1.54) is 5.57 Å². The van der Waals surface area contributed by atoms with E-state index in [0.29, 0.717) is 47.8 Å². The van der Waals surface area contributed by atoms with Gasteiger partial charge in [0.25, 0.3) is 0 Å². The molecular formula is C47H66ClNO6. The molecule has 55 heavy (non-hydrogen) atoms. The number of benzene rings is 1. The summed E-state index contributed by atoms with van der Waals surface area (Å²) >= 11 is 6.59. The van der Waals surface area contributed by atoms with Crippen LogP contribution in [0.3, 0.4) is 0 Å². The number of esters is 1. The molecular weight excluding hydrogens is 710 g/mol. The van der Waals surface area contributed by atoms with Gasteiger partial charge in [-0.05, 0) is 147 Å². The van der Waals surface area contributed by atoms with Crippen LogP contribution in [0.15, 0.2) is 35.4 Å². The number of rotatable bonds is 10. The molecule has 6 aliphatic rings. The zero-order valence-corrected chi connectivity index (χ0v) is 35.7. The Bertz CT molecular complexity index is 1810. The highest BCUT2D eigenvalue weighted by molar-refractivity contribution is 6.31. The number of aliphatic carboxylic acids is 1. The minimum atomic E-state index is -1.17. The fourth-order valence-corrected chi connectivity index (χ4v) is 14.3. The van der Waals surface area contributed by atoms with Crippen molar-refractivity contribution in [2.75, 3.05) is 0 Å². The van der Waals surface area contributed by atoms with Crippen LogP contribution >= 0.6 is 11.6 Å². The summed E-state index contributed by atoms with van der Waals surface area (Å²) in [5.41, 5.74) is 1.59. The molecule has 0 aliphatic heterocycles. The average molecular weight is 776 g/mol. The van der Waals surface area contributed by atoms with Crippen LogP contribution in [0.2, 0.25) is 5.02 Å². The van der Waals surface area contributed by atoms with Crippen molar-refractivity contribution in [1.29, 1.82) is 0 Å². The van der Waals surface area contributed by atoms with Gasteiger partial charge >= 0.3 is 11.9 Å². The molecule has 1 aromatic carbocycles. The Balaban J connectivity index is 1.12. The maximum Gasteiger partial charge on any atom is 0.309 e. The molecule has 1 amide bonds. The van der Waals surface area contributed by atoms with E-state index in [-0.39, 0.29) is 57.0 Å². The van der Waals surface area contributed by atoms with Gasteiger partial charge in [-0.1, -0.05) is 83.8 Å². The molecule has 302 valence electrons. The number of ketones is 1. The number of hydrogen-bond donors (Lipinski definition) is 2. The van der Waals surface area contributed by atoms with E-state index < -0.39 is 17.4 Å². The number of carbonyl (C=O) groups excluding carboxylic acids is 3. The lowest BCUT2D eigenvalue weighted by Gasteiger charge is -2.72. The van der Waals surface area contributed by atoms with E-state index in [1.54, 1.807) is 13.8 Å². The van der Waals surface area contributed by atoms with E-state index in [0.717, 1.165) is 75.3 Å². The third kappa shape index (κ3) is 6.25. The van der Waals surface area contributed by atoms with E-state index >= 15 is 0 Å². The normalized spacial score (nSPS) is 37.3. The van der Waals surface area contributed by atoms with Gasteiger partial charge in [-0.25, -0.2) is 0 Å². The SMILES string of the molecule is CC(C)C1=C2C3CCC4C5(C)CCC(OC(=O)CC(C)(C)C(=O)O)C(C)(C)C5CCC4(C)C3(C)CCC2(CCC(=O)NC2(c3ccccc3Cl)CC2)CC1=O. The molecule has 6 aliphatic carbocycles. The Kier molecular flexibility index (Phi) is 9.91. The van der Waals surface area contributed by atoms with Gasteiger partial charge < -0.3 is 15.2 Å². The number of amides is 1. The fourth-order valence-electron chi connectivity index (χ4n) is 14.0. The summed E-state index contributed by atoms with van der Waals surface area (Å²) in [6, 6.07) is 7.84. The van der Waals surface area contributed by atoms with Gasteiger partial charge in [0.2, 0.25) is 5.91 Å². The molecule has 0 bridgehead atoms. The minimum absolute atomic E-state index is 0.0216. The molecule has 0 radical (unpaired) electrons. The van der Waals surface area contributed by atoms with Crippen molar-refractivity contribution >= 4 is 35.2 Å². The third-order valence-corrected chi connectivity index (χ3v) is 17.6. The Morgan fingerprint density at radius 3 is 2.24 bits per heavy atom. The predicted molar refractivity (Wildman–Crippen MR) is 215 cm³/mol. The summed E-state index contributed by atoms with van der Waals surface area (Å²) in [5.74, 6) is 0.284. The number of nitrogens with one attached hydrogen (secondary N) is 1. The molecule has 8 unspecified atom stereocenters. The smallest absolute Gasteiger partial charge is 0.309 e. The summed E-state index contributed by atoms with van der Waals surface area (Å²) in [6.07, 6.45) is 11.1. The number of allylic oxidation sites excluding steroid dienone is 2. The zero-order chi connectivity index (χ0) is 40.1. The highest BCUT2D eigenvalue weighted by atomic mass is 35.5. The molecule has 0 saturated heterocycles. The average Bonchev–Trinajstić information content (AvgIpc) is 3.79. The number of fused-ring (bicyclic) bond motifs is 7. The highest BCUT2D eigenvalue weighted by Crippen LogP contribution is 2.77. The van der Waals surface area contributed by atoms with Gasteiger partial charge in [0.05, 0.1) is 17.4 Å². The van der Waals surface area contributed by atoms with Crippen molar-refractivity contribution in [3.63, 3.8) is 0 Å². The lowest BCUT2D eigenvalue weighted by Crippen LogP contribution is -2.65. The minimum Gasteiger partial charge on any atom is -0.481 e. The van der Waals surface area contributed by atoms with Crippen LogP contribution in [-0.2, 0) is 29.5 Å². The summed E-state index contributed by atoms with van der Waals surface area (Å²) < 4.78 is 6.18. The van der Waals surface area contributed by atoms with Crippen molar-refractivity contribution in [1.82, 2.24) is 5.32 Å². The fraction of sp³-hybridized carbons (Fsp3) is 0.745. The van der Waals surface area contributed by atoms with Crippen LogP contribution in [0, 0.1) is 56.2 Å². The summed E-state index contributed by atoms with van der Waals surface area (Å²) in [7, 11) is 0. The first-order valence-corrected chi connectivity index (χ1v) is 21.7. The zero-order valence-electron chi connectivity index (χ0n) is 35.0. The monoisotopic (exact) mass is 775 g/mol. The lowest BCUT2D eigenvalue weighted by molar-refractivity contribution is -0.233. The molecule has 0 heterocycles. The van der Waals surface area contributed by atoms with E-state index in [1.807, 2.05) is 24.3 Å². The van der Waals surface area contributed by atoms with Gasteiger partial charge in [-0.2, -0.15) is 0 Å². The van der Waals surface area contributed by atoms with Gasteiger partial charge in [0, 0.05) is 23.3 Å². The van der Waals surface area contributed by atoms with Gasteiger partial charge in [0.15, 0.2) is 5.78 Å². The van der Waals surface area contributed by atoms with Crippen molar-refractivity contribution < 1.29 is 29.0 Å². The largest absolute Gasteiger partial charge is 0.481 e. The van der Waals surface area contributed by atoms with Crippen LogP contribution in [0.25, 0.3) is 0 Å². The van der Waals surface area contributed by atoms with Crippen LogP contribution in [0.4, 0.5) is 0 Å². The lowest BCUT2D eigenvalue weighted by atomic mass is 9.33. The first-order valence-electron chi connectivity index (χ1n) is 21.3. The van der Waals surface area contributed by atoms with Crippen molar-refractivity contribution in [3.8, 4) is 0 Å². The van der Waals surface area contributed by atoms with E-state index in [9.17, 15) is 24.3 Å². The Morgan fingerprint density at radius 2 is 1.60 bits per heavy atom. The van der Waals surface area contributed by atoms with E-state index in [2.05, 4.69) is 53.8 Å². The molecule has 0 spiro atoms. The number of carbonyl (C=O) groups is 4. The quantitative estimate of drug-likeness (QED) is 0.229. The van der Waals surface area contributed by atoms with Crippen molar-refractivity contribution in [3.05, 3.63) is 46.0 Å². The Morgan fingerprint density at radius 1 is 0.909 bits per heavy atom. The number of Topliss-reactive ketones (excluding diaryl/α,β-unsaturated/α-hetero) is 1. The molecule has 2 N–H and O–H groups in total. The maximum atomic E-state index is 14.1. The topological polar surface area (TPSA) is 110 Å². The number of ether oxygens (including phenoxy) is 1. The number of hydrogen-bond acceptors (Lipinski definition) is 5. The summed E-state index contributed by atoms with van der Waals surface area (Å²) in [6.45, 7) is 19.7. The Hall–Kier alpha value is -2.67.